The second-order valence-corrected chi connectivity index (χ2v) is 6.68. The number of hydrogen-bond donors (Lipinski definition) is 1. The third-order valence-electron chi connectivity index (χ3n) is 4.69. The van der Waals surface area contributed by atoms with Crippen molar-refractivity contribution in [3.05, 3.63) is 42.4 Å². The molecule has 3 rings (SSSR count). The van der Waals surface area contributed by atoms with Crippen LogP contribution in [-0.4, -0.2) is 54.1 Å². The molecule has 1 unspecified atom stereocenters. The summed E-state index contributed by atoms with van der Waals surface area (Å²) in [6, 6.07) is 7.80. The van der Waals surface area contributed by atoms with E-state index in [-0.39, 0.29) is 5.91 Å². The number of benzene rings is 1. The first kappa shape index (κ1) is 18.5. The smallest absolute Gasteiger partial charge is 0.221 e. The molecule has 26 heavy (non-hydrogen) atoms. The minimum absolute atomic E-state index is 0.0809. The van der Waals surface area contributed by atoms with Gasteiger partial charge in [0.2, 0.25) is 5.91 Å². The summed E-state index contributed by atoms with van der Waals surface area (Å²) >= 11 is 0. The molecule has 1 aliphatic heterocycles. The van der Waals surface area contributed by atoms with E-state index in [2.05, 4.69) is 20.2 Å². The quantitative estimate of drug-likeness (QED) is 0.864. The van der Waals surface area contributed by atoms with E-state index in [1.165, 1.54) is 6.92 Å². The minimum Gasteiger partial charge on any atom is -0.383 e. The summed E-state index contributed by atoms with van der Waals surface area (Å²) in [5.41, 5.74) is 3.69. The Kier molecular flexibility index (Phi) is 6.30. The predicted molar refractivity (Wildman–Crippen MR) is 102 cm³/mol. The van der Waals surface area contributed by atoms with Crippen LogP contribution in [0.4, 0.5) is 5.69 Å². The first-order valence-corrected chi connectivity index (χ1v) is 9.07. The molecular formula is C20H26N4O2. The summed E-state index contributed by atoms with van der Waals surface area (Å²) in [5, 5.41) is 2.83. The zero-order valence-corrected chi connectivity index (χ0v) is 15.4. The second kappa shape index (κ2) is 8.87. The molecule has 1 N–H and O–H groups in total. The summed E-state index contributed by atoms with van der Waals surface area (Å²) in [4.78, 5) is 23.1. The second-order valence-electron chi connectivity index (χ2n) is 6.68. The maximum atomic E-state index is 11.3. The zero-order valence-electron chi connectivity index (χ0n) is 15.4. The van der Waals surface area contributed by atoms with E-state index < -0.39 is 0 Å². The molecule has 0 bridgehead atoms. The highest BCUT2D eigenvalue weighted by atomic mass is 16.5. The molecule has 1 fully saturated rings. The van der Waals surface area contributed by atoms with Crippen molar-refractivity contribution in [2.24, 2.45) is 0 Å². The van der Waals surface area contributed by atoms with Gasteiger partial charge in [-0.1, -0.05) is 12.1 Å². The van der Waals surface area contributed by atoms with Crippen LogP contribution in [0.2, 0.25) is 0 Å². The molecule has 2 aromatic rings. The van der Waals surface area contributed by atoms with E-state index in [1.54, 1.807) is 19.5 Å². The van der Waals surface area contributed by atoms with Gasteiger partial charge in [-0.05, 0) is 31.5 Å². The van der Waals surface area contributed by atoms with Crippen LogP contribution in [0.1, 0.15) is 31.4 Å². The van der Waals surface area contributed by atoms with Gasteiger partial charge >= 0.3 is 0 Å². The fourth-order valence-electron chi connectivity index (χ4n) is 3.52. The largest absolute Gasteiger partial charge is 0.383 e. The van der Waals surface area contributed by atoms with Crippen LogP contribution in [0.3, 0.4) is 0 Å². The molecule has 1 saturated heterocycles. The Morgan fingerprint density at radius 1 is 1.35 bits per heavy atom. The molecule has 1 amide bonds. The number of aromatic nitrogens is 2. The van der Waals surface area contributed by atoms with Crippen molar-refractivity contribution in [3.8, 4) is 11.3 Å². The topological polar surface area (TPSA) is 67.3 Å². The van der Waals surface area contributed by atoms with Gasteiger partial charge < -0.3 is 15.0 Å². The van der Waals surface area contributed by atoms with E-state index in [9.17, 15) is 4.79 Å². The molecule has 1 aliphatic rings. The highest BCUT2D eigenvalue weighted by molar-refractivity contribution is 5.89. The van der Waals surface area contributed by atoms with Crippen molar-refractivity contribution in [2.45, 2.75) is 25.7 Å². The third-order valence-corrected chi connectivity index (χ3v) is 4.69. The fourth-order valence-corrected chi connectivity index (χ4v) is 3.52. The Morgan fingerprint density at radius 2 is 2.19 bits per heavy atom. The summed E-state index contributed by atoms with van der Waals surface area (Å²) in [6.07, 6.45) is 5.76. The van der Waals surface area contributed by atoms with Gasteiger partial charge in [0, 0.05) is 56.7 Å². The Balaban J connectivity index is 1.85. The number of piperidine rings is 1. The number of likely N-dealkylation sites (tertiary alicyclic amines) is 1. The van der Waals surface area contributed by atoms with Gasteiger partial charge in [-0.3, -0.25) is 14.8 Å². The summed E-state index contributed by atoms with van der Waals surface area (Å²) in [5.74, 6) is 0.274. The van der Waals surface area contributed by atoms with Gasteiger partial charge in [0.25, 0.3) is 0 Å². The number of anilines is 1. The lowest BCUT2D eigenvalue weighted by Gasteiger charge is -2.32. The Morgan fingerprint density at radius 3 is 3.00 bits per heavy atom. The third kappa shape index (κ3) is 4.65. The van der Waals surface area contributed by atoms with Crippen LogP contribution in [0, 0.1) is 0 Å². The number of carbonyl (C=O) groups is 1. The number of carbonyl (C=O) groups excluding carboxylic acids is 1. The van der Waals surface area contributed by atoms with Crippen LogP contribution in [0.25, 0.3) is 11.3 Å². The van der Waals surface area contributed by atoms with Crippen LogP contribution >= 0.6 is 0 Å². The van der Waals surface area contributed by atoms with Crippen molar-refractivity contribution in [1.82, 2.24) is 14.9 Å². The number of ether oxygens (including phenoxy) is 1. The van der Waals surface area contributed by atoms with Crippen molar-refractivity contribution >= 4 is 11.6 Å². The zero-order chi connectivity index (χ0) is 18.4. The predicted octanol–water partition coefficient (Wildman–Crippen LogP) is 2.93. The van der Waals surface area contributed by atoms with Crippen LogP contribution in [0.15, 0.2) is 36.7 Å². The molecule has 0 saturated carbocycles. The average Bonchev–Trinajstić information content (AvgIpc) is 2.66. The van der Waals surface area contributed by atoms with Crippen LogP contribution < -0.4 is 5.32 Å². The van der Waals surface area contributed by atoms with Crippen molar-refractivity contribution < 1.29 is 9.53 Å². The van der Waals surface area contributed by atoms with Gasteiger partial charge in [0.15, 0.2) is 0 Å². The monoisotopic (exact) mass is 354 g/mol. The highest BCUT2D eigenvalue weighted by Gasteiger charge is 2.25. The van der Waals surface area contributed by atoms with E-state index in [0.29, 0.717) is 5.92 Å². The molecule has 0 spiro atoms. The molecule has 1 aromatic heterocycles. The Labute approximate surface area is 154 Å². The minimum atomic E-state index is -0.0809. The van der Waals surface area contributed by atoms with Gasteiger partial charge in [-0.25, -0.2) is 0 Å². The molecule has 1 atom stereocenters. The molecule has 138 valence electrons. The lowest BCUT2D eigenvalue weighted by atomic mass is 9.91. The number of nitrogens with one attached hydrogen (secondary N) is 1. The fraction of sp³-hybridized carbons (Fsp3) is 0.450. The first-order chi connectivity index (χ1) is 12.7. The van der Waals surface area contributed by atoms with Crippen LogP contribution in [0.5, 0.6) is 0 Å². The Hall–Kier alpha value is -2.31. The first-order valence-electron chi connectivity index (χ1n) is 9.07. The molecule has 1 aromatic carbocycles. The van der Waals surface area contributed by atoms with E-state index in [0.717, 1.165) is 61.7 Å². The lowest BCUT2D eigenvalue weighted by molar-refractivity contribution is -0.114. The average molecular weight is 354 g/mol. The number of methoxy groups -OCH3 is 1. The molecule has 6 nitrogen and oxygen atoms in total. The number of rotatable bonds is 6. The Bertz CT molecular complexity index is 750. The molecule has 0 radical (unpaired) electrons. The van der Waals surface area contributed by atoms with Crippen molar-refractivity contribution in [3.63, 3.8) is 0 Å². The summed E-state index contributed by atoms with van der Waals surface area (Å²) in [7, 11) is 1.74. The highest BCUT2D eigenvalue weighted by Crippen LogP contribution is 2.32. The SMILES string of the molecule is COCCN1CCCC(c2nccnc2-c2cccc(NC(C)=O)c2)C1. The van der Waals surface area contributed by atoms with Crippen molar-refractivity contribution in [1.29, 1.82) is 0 Å². The summed E-state index contributed by atoms with van der Waals surface area (Å²) in [6.45, 7) is 5.28. The van der Waals surface area contributed by atoms with Gasteiger partial charge in [0.05, 0.1) is 18.0 Å². The molecular weight excluding hydrogens is 328 g/mol. The van der Waals surface area contributed by atoms with E-state index >= 15 is 0 Å². The molecule has 6 heteroatoms. The van der Waals surface area contributed by atoms with Crippen LogP contribution in [-0.2, 0) is 9.53 Å². The van der Waals surface area contributed by atoms with E-state index in [4.69, 9.17) is 4.74 Å². The number of nitrogens with zero attached hydrogens (tertiary/aromatic N) is 3. The maximum absolute atomic E-state index is 11.3. The molecule has 2 heterocycles. The maximum Gasteiger partial charge on any atom is 0.221 e. The summed E-state index contributed by atoms with van der Waals surface area (Å²) < 4.78 is 5.22. The van der Waals surface area contributed by atoms with Gasteiger partial charge in [-0.2, -0.15) is 0 Å². The van der Waals surface area contributed by atoms with E-state index in [1.807, 2.05) is 24.3 Å². The standard InChI is InChI=1S/C20H26N4O2/c1-15(25)23-18-7-3-5-16(13-18)19-20(22-9-8-21-19)17-6-4-10-24(14-17)11-12-26-2/h3,5,7-9,13,17H,4,6,10-12,14H2,1-2H3,(H,23,25). The normalized spacial score (nSPS) is 17.8. The lowest BCUT2D eigenvalue weighted by Crippen LogP contribution is -2.37. The van der Waals surface area contributed by atoms with Crippen molar-refractivity contribution in [2.75, 3.05) is 38.7 Å². The van der Waals surface area contributed by atoms with Gasteiger partial charge in [-0.15, -0.1) is 0 Å². The number of hydrogen-bond acceptors (Lipinski definition) is 5. The number of amides is 1. The molecule has 0 aliphatic carbocycles. The van der Waals surface area contributed by atoms with Gasteiger partial charge in [0.1, 0.15) is 0 Å².